The van der Waals surface area contributed by atoms with Crippen LogP contribution >= 0.6 is 0 Å². The normalized spacial score (nSPS) is 18.8. The molecule has 32 heavy (non-hydrogen) atoms. The third-order valence-corrected chi connectivity index (χ3v) is 5.39. The first-order valence-electron chi connectivity index (χ1n) is 10.2. The number of hydrogen-bond acceptors (Lipinski definition) is 4. The minimum Gasteiger partial charge on any atom is -0.475 e. The minimum absolute atomic E-state index is 0.191. The second-order valence-electron chi connectivity index (χ2n) is 7.80. The van der Waals surface area contributed by atoms with Gasteiger partial charge in [-0.2, -0.15) is 18.3 Å². The van der Waals surface area contributed by atoms with Crippen molar-refractivity contribution in [2.45, 2.75) is 44.6 Å². The van der Waals surface area contributed by atoms with Gasteiger partial charge in [-0.3, -0.25) is 14.4 Å². The molecule has 174 valence electrons. The van der Waals surface area contributed by atoms with Crippen LogP contribution in [0.2, 0.25) is 0 Å². The molecule has 1 fully saturated rings. The summed E-state index contributed by atoms with van der Waals surface area (Å²) in [5.74, 6) is -2.68. The average molecular weight is 456 g/mol. The number of benzene rings is 1. The molecule has 1 N–H and O–H groups in total. The zero-order valence-electron chi connectivity index (χ0n) is 17.3. The van der Waals surface area contributed by atoms with Gasteiger partial charge in [0.2, 0.25) is 5.91 Å². The van der Waals surface area contributed by atoms with Gasteiger partial charge >= 0.3 is 12.1 Å². The van der Waals surface area contributed by atoms with Gasteiger partial charge in [-0.25, -0.2) is 9.18 Å². The number of likely N-dealkylation sites (tertiary alicyclic amines) is 1. The lowest BCUT2D eigenvalue weighted by Crippen LogP contribution is -2.39. The van der Waals surface area contributed by atoms with E-state index in [9.17, 15) is 22.4 Å². The molecule has 0 bridgehead atoms. The number of aliphatic carboxylic acids is 1. The van der Waals surface area contributed by atoms with Gasteiger partial charge < -0.3 is 10.0 Å². The van der Waals surface area contributed by atoms with E-state index in [0.717, 1.165) is 51.1 Å². The van der Waals surface area contributed by atoms with Crippen LogP contribution in [0.4, 0.5) is 17.6 Å². The fourth-order valence-corrected chi connectivity index (χ4v) is 3.94. The summed E-state index contributed by atoms with van der Waals surface area (Å²) >= 11 is 0. The number of amides is 1. The largest absolute Gasteiger partial charge is 0.490 e. The molecule has 1 aromatic heterocycles. The molecule has 0 radical (unpaired) electrons. The number of halogens is 4. The van der Waals surface area contributed by atoms with E-state index in [-0.39, 0.29) is 17.8 Å². The highest BCUT2D eigenvalue weighted by Gasteiger charge is 2.38. The molecule has 1 unspecified atom stereocenters. The Morgan fingerprint density at radius 1 is 1.25 bits per heavy atom. The average Bonchev–Trinajstić information content (AvgIpc) is 3.34. The van der Waals surface area contributed by atoms with Crippen LogP contribution < -0.4 is 0 Å². The Labute approximate surface area is 182 Å². The zero-order valence-corrected chi connectivity index (χ0v) is 17.3. The molecule has 2 aromatic rings. The van der Waals surface area contributed by atoms with E-state index in [4.69, 9.17) is 9.90 Å². The molecule has 0 saturated carbocycles. The van der Waals surface area contributed by atoms with Gasteiger partial charge in [0.15, 0.2) is 0 Å². The van der Waals surface area contributed by atoms with Crippen LogP contribution in [0.25, 0.3) is 0 Å². The summed E-state index contributed by atoms with van der Waals surface area (Å²) in [5, 5.41) is 11.6. The monoisotopic (exact) mass is 456 g/mol. The van der Waals surface area contributed by atoms with Crippen LogP contribution in [-0.4, -0.2) is 62.4 Å². The molecular weight excluding hydrogens is 432 g/mol. The number of nitrogens with zero attached hydrogens (tertiary/aromatic N) is 4. The van der Waals surface area contributed by atoms with E-state index in [2.05, 4.69) is 14.7 Å². The van der Waals surface area contributed by atoms with E-state index in [1.165, 1.54) is 11.8 Å². The van der Waals surface area contributed by atoms with Gasteiger partial charge in [-0.05, 0) is 36.6 Å². The van der Waals surface area contributed by atoms with Crippen molar-refractivity contribution in [2.75, 3.05) is 19.6 Å². The molecule has 4 rings (SSSR count). The predicted molar refractivity (Wildman–Crippen MR) is 106 cm³/mol. The molecule has 1 amide bonds. The summed E-state index contributed by atoms with van der Waals surface area (Å²) in [4.78, 5) is 25.0. The molecule has 3 heterocycles. The lowest BCUT2D eigenvalue weighted by molar-refractivity contribution is -0.192. The summed E-state index contributed by atoms with van der Waals surface area (Å²) in [6, 6.07) is 9.10. The molecule has 1 aromatic carbocycles. The number of rotatable bonds is 5. The predicted octanol–water partition coefficient (Wildman–Crippen LogP) is 3.22. The lowest BCUT2D eigenvalue weighted by Gasteiger charge is -2.34. The van der Waals surface area contributed by atoms with Crippen LogP contribution in [0.15, 0.2) is 36.5 Å². The SMILES string of the molecule is O=C(O)C(F)(F)F.O=C1CCCN1CCC1CN(Cc2cccc(F)c2)Cc2ccnn21. The maximum Gasteiger partial charge on any atom is 0.490 e. The summed E-state index contributed by atoms with van der Waals surface area (Å²) in [7, 11) is 0. The van der Waals surface area contributed by atoms with Crippen molar-refractivity contribution >= 4 is 11.9 Å². The first kappa shape index (κ1) is 23.7. The van der Waals surface area contributed by atoms with Crippen molar-refractivity contribution in [3.8, 4) is 0 Å². The molecule has 7 nitrogen and oxygen atoms in total. The van der Waals surface area contributed by atoms with E-state index < -0.39 is 12.1 Å². The number of aromatic nitrogens is 2. The molecule has 11 heteroatoms. The third kappa shape index (κ3) is 6.28. The smallest absolute Gasteiger partial charge is 0.475 e. The summed E-state index contributed by atoms with van der Waals surface area (Å²) in [5.41, 5.74) is 2.17. The van der Waals surface area contributed by atoms with Crippen molar-refractivity contribution < 1.29 is 32.3 Å². The first-order chi connectivity index (χ1) is 15.1. The maximum atomic E-state index is 13.4. The molecular formula is C21H24F4N4O3. The van der Waals surface area contributed by atoms with Crippen molar-refractivity contribution in [3.05, 3.63) is 53.6 Å². The number of carbonyl (C=O) groups is 2. The van der Waals surface area contributed by atoms with Crippen molar-refractivity contribution in [2.24, 2.45) is 0 Å². The van der Waals surface area contributed by atoms with Crippen LogP contribution in [0.1, 0.15) is 36.6 Å². The number of carbonyl (C=O) groups excluding carboxylic acids is 1. The number of alkyl halides is 3. The molecule has 0 spiro atoms. The van der Waals surface area contributed by atoms with Crippen molar-refractivity contribution in [1.29, 1.82) is 0 Å². The minimum atomic E-state index is -5.08. The topological polar surface area (TPSA) is 78.7 Å². The van der Waals surface area contributed by atoms with Crippen molar-refractivity contribution in [3.63, 3.8) is 0 Å². The zero-order chi connectivity index (χ0) is 23.3. The molecule has 2 aliphatic heterocycles. The van der Waals surface area contributed by atoms with Gasteiger partial charge in [0.1, 0.15) is 5.82 Å². The van der Waals surface area contributed by atoms with E-state index >= 15 is 0 Å². The standard InChI is InChI=1S/C19H23FN4O.C2HF3O2/c20-16-4-1-3-15(11-16)12-22-13-17-6-8-21-24(17)18(14-22)7-10-23-9-2-5-19(23)25;3-2(4,5)1(6)7/h1,3-4,6,8,11,18H,2,5,7,9-10,12-14H2;(H,6,7). The Kier molecular flexibility index (Phi) is 7.49. The molecule has 0 aliphatic carbocycles. The quantitative estimate of drug-likeness (QED) is 0.699. The third-order valence-electron chi connectivity index (χ3n) is 5.39. The van der Waals surface area contributed by atoms with Crippen LogP contribution in [0.3, 0.4) is 0 Å². The Morgan fingerprint density at radius 3 is 2.62 bits per heavy atom. The first-order valence-corrected chi connectivity index (χ1v) is 10.2. The van der Waals surface area contributed by atoms with Crippen LogP contribution in [-0.2, 0) is 22.7 Å². The van der Waals surface area contributed by atoms with Gasteiger partial charge in [0, 0.05) is 45.3 Å². The Bertz CT molecular complexity index is 947. The van der Waals surface area contributed by atoms with Gasteiger partial charge in [-0.15, -0.1) is 0 Å². The van der Waals surface area contributed by atoms with Crippen molar-refractivity contribution in [1.82, 2.24) is 19.6 Å². The van der Waals surface area contributed by atoms with E-state index in [0.29, 0.717) is 6.42 Å². The van der Waals surface area contributed by atoms with E-state index in [1.54, 1.807) is 12.1 Å². The maximum absolute atomic E-state index is 13.4. The Morgan fingerprint density at radius 2 is 2.00 bits per heavy atom. The number of hydrogen-bond donors (Lipinski definition) is 1. The highest BCUT2D eigenvalue weighted by Crippen LogP contribution is 2.25. The number of carboxylic acids is 1. The van der Waals surface area contributed by atoms with Gasteiger partial charge in [-0.1, -0.05) is 12.1 Å². The fraction of sp³-hybridized carbons (Fsp3) is 0.476. The Hall–Kier alpha value is -2.95. The highest BCUT2D eigenvalue weighted by molar-refractivity contribution is 5.78. The van der Waals surface area contributed by atoms with E-state index in [1.807, 2.05) is 23.2 Å². The fourth-order valence-electron chi connectivity index (χ4n) is 3.94. The summed E-state index contributed by atoms with van der Waals surface area (Å²) in [6.07, 6.45) is -0.680. The van der Waals surface area contributed by atoms with Crippen LogP contribution in [0, 0.1) is 5.82 Å². The summed E-state index contributed by atoms with van der Waals surface area (Å²) in [6.45, 7) is 4.08. The van der Waals surface area contributed by atoms with Gasteiger partial charge in [0.05, 0.1) is 11.7 Å². The Balaban J connectivity index is 0.000000360. The second kappa shape index (κ2) is 10.1. The number of fused-ring (bicyclic) bond motifs is 1. The number of carboxylic acid groups (broad SMARTS) is 1. The second-order valence-corrected chi connectivity index (χ2v) is 7.80. The lowest BCUT2D eigenvalue weighted by atomic mass is 10.1. The molecule has 1 saturated heterocycles. The summed E-state index contributed by atoms with van der Waals surface area (Å²) < 4.78 is 47.3. The van der Waals surface area contributed by atoms with Crippen LogP contribution in [0.5, 0.6) is 0 Å². The molecule has 1 atom stereocenters. The van der Waals surface area contributed by atoms with Gasteiger partial charge in [0.25, 0.3) is 0 Å². The highest BCUT2D eigenvalue weighted by atomic mass is 19.4. The molecule has 2 aliphatic rings.